The quantitative estimate of drug-likeness (QED) is 0.811. The first-order chi connectivity index (χ1) is 8.29. The Labute approximate surface area is 102 Å². The highest BCUT2D eigenvalue weighted by Gasteiger charge is 2.26. The molecule has 0 aliphatic heterocycles. The highest BCUT2D eigenvalue weighted by Crippen LogP contribution is 2.23. The third-order valence-electron chi connectivity index (χ3n) is 2.55. The Hall–Kier alpha value is -1.17. The van der Waals surface area contributed by atoms with Crippen molar-refractivity contribution in [1.29, 1.82) is 0 Å². The van der Waals surface area contributed by atoms with E-state index in [2.05, 4.69) is 0 Å². The molecular weight excluding hydrogens is 253 g/mol. The smallest absolute Gasteiger partial charge is 0.327 e. The average molecular weight is 267 g/mol. The lowest BCUT2D eigenvalue weighted by Crippen LogP contribution is -2.24. The van der Waals surface area contributed by atoms with Gasteiger partial charge in [0.2, 0.25) is 0 Å². The summed E-state index contributed by atoms with van der Waals surface area (Å²) in [5.41, 5.74) is 5.69. The van der Waals surface area contributed by atoms with Gasteiger partial charge in [-0.15, -0.1) is 0 Å². The van der Waals surface area contributed by atoms with Crippen molar-refractivity contribution >= 4 is 0 Å². The van der Waals surface area contributed by atoms with Crippen molar-refractivity contribution in [1.82, 2.24) is 0 Å². The molecule has 1 atom stereocenters. The van der Waals surface area contributed by atoms with Crippen molar-refractivity contribution in [2.45, 2.75) is 37.9 Å². The van der Waals surface area contributed by atoms with Crippen LogP contribution >= 0.6 is 0 Å². The number of benzene rings is 1. The normalized spacial score (nSPS) is 13.7. The van der Waals surface area contributed by atoms with E-state index in [-0.39, 0.29) is 24.8 Å². The highest BCUT2D eigenvalue weighted by atomic mass is 19.4. The van der Waals surface area contributed by atoms with E-state index in [1.54, 1.807) is 0 Å². The van der Waals surface area contributed by atoms with Crippen molar-refractivity contribution in [2.24, 2.45) is 5.73 Å². The summed E-state index contributed by atoms with van der Waals surface area (Å²) < 4.78 is 61.8. The molecule has 0 aromatic heterocycles. The van der Waals surface area contributed by atoms with Gasteiger partial charge in [-0.1, -0.05) is 12.1 Å². The molecule has 0 fully saturated rings. The van der Waals surface area contributed by atoms with Gasteiger partial charge in [0.25, 0.3) is 0 Å². The second-order valence-corrected chi connectivity index (χ2v) is 4.18. The molecule has 18 heavy (non-hydrogen) atoms. The molecule has 0 spiro atoms. The van der Waals surface area contributed by atoms with E-state index in [1.165, 1.54) is 12.1 Å². The van der Waals surface area contributed by atoms with E-state index in [0.29, 0.717) is 0 Å². The second kappa shape index (κ2) is 6.13. The molecule has 1 rings (SSSR count). The topological polar surface area (TPSA) is 26.0 Å². The van der Waals surface area contributed by atoms with Crippen LogP contribution in [0, 0.1) is 11.6 Å². The van der Waals surface area contributed by atoms with Crippen molar-refractivity contribution in [3.8, 4) is 0 Å². The van der Waals surface area contributed by atoms with Crippen LogP contribution < -0.4 is 5.73 Å². The van der Waals surface area contributed by atoms with Gasteiger partial charge >= 0.3 is 6.18 Å². The Morgan fingerprint density at radius 3 is 2.44 bits per heavy atom. The molecule has 1 aromatic carbocycles. The third-order valence-corrected chi connectivity index (χ3v) is 2.55. The molecule has 1 aromatic rings. The maximum absolute atomic E-state index is 13.3. The minimum Gasteiger partial charge on any atom is -0.327 e. The summed E-state index contributed by atoms with van der Waals surface area (Å²) >= 11 is 0. The summed E-state index contributed by atoms with van der Waals surface area (Å²) in [4.78, 5) is 0. The molecule has 0 amide bonds. The van der Waals surface area contributed by atoms with Gasteiger partial charge in [0.1, 0.15) is 0 Å². The SMILES string of the molecule is NC(CCCC(F)(F)F)Cc1cccc(F)c1F. The van der Waals surface area contributed by atoms with E-state index in [0.717, 1.165) is 6.07 Å². The molecule has 0 aliphatic carbocycles. The molecule has 0 radical (unpaired) electrons. The van der Waals surface area contributed by atoms with Crippen LogP contribution in [-0.4, -0.2) is 12.2 Å². The number of nitrogens with two attached hydrogens (primary N) is 1. The first kappa shape index (κ1) is 14.9. The minimum atomic E-state index is -4.20. The van der Waals surface area contributed by atoms with E-state index in [4.69, 9.17) is 5.73 Å². The average Bonchev–Trinajstić information content (AvgIpc) is 2.23. The largest absolute Gasteiger partial charge is 0.389 e. The van der Waals surface area contributed by atoms with Crippen LogP contribution in [0.15, 0.2) is 18.2 Å². The summed E-state index contributed by atoms with van der Waals surface area (Å²) in [6.45, 7) is 0. The van der Waals surface area contributed by atoms with Gasteiger partial charge in [-0.2, -0.15) is 13.2 Å². The number of rotatable bonds is 5. The van der Waals surface area contributed by atoms with Crippen molar-refractivity contribution in [3.05, 3.63) is 35.4 Å². The van der Waals surface area contributed by atoms with Crippen LogP contribution in [0.4, 0.5) is 22.0 Å². The lowest BCUT2D eigenvalue weighted by Gasteiger charge is -2.13. The fourth-order valence-corrected chi connectivity index (χ4v) is 1.66. The Morgan fingerprint density at radius 1 is 1.17 bits per heavy atom. The van der Waals surface area contributed by atoms with Crippen LogP contribution in [0.5, 0.6) is 0 Å². The highest BCUT2D eigenvalue weighted by molar-refractivity contribution is 5.19. The van der Waals surface area contributed by atoms with Gasteiger partial charge in [-0.3, -0.25) is 0 Å². The van der Waals surface area contributed by atoms with E-state index < -0.39 is 30.3 Å². The maximum atomic E-state index is 13.3. The summed E-state index contributed by atoms with van der Waals surface area (Å²) in [7, 11) is 0. The summed E-state index contributed by atoms with van der Waals surface area (Å²) in [6, 6.07) is 3.09. The number of alkyl halides is 3. The van der Waals surface area contributed by atoms with Gasteiger partial charge in [0, 0.05) is 12.5 Å². The molecule has 0 saturated heterocycles. The fourth-order valence-electron chi connectivity index (χ4n) is 1.66. The molecule has 1 unspecified atom stereocenters. The lowest BCUT2D eigenvalue weighted by molar-refractivity contribution is -0.135. The Bertz CT molecular complexity index is 389. The van der Waals surface area contributed by atoms with Crippen LogP contribution in [0.1, 0.15) is 24.8 Å². The van der Waals surface area contributed by atoms with E-state index in [9.17, 15) is 22.0 Å². The van der Waals surface area contributed by atoms with Crippen LogP contribution in [-0.2, 0) is 6.42 Å². The van der Waals surface area contributed by atoms with Gasteiger partial charge in [0.05, 0.1) is 0 Å². The van der Waals surface area contributed by atoms with E-state index in [1.807, 2.05) is 0 Å². The zero-order valence-electron chi connectivity index (χ0n) is 9.61. The van der Waals surface area contributed by atoms with Crippen LogP contribution in [0.2, 0.25) is 0 Å². The van der Waals surface area contributed by atoms with Crippen LogP contribution in [0.25, 0.3) is 0 Å². The number of halogens is 5. The number of hydrogen-bond donors (Lipinski definition) is 1. The van der Waals surface area contributed by atoms with Crippen molar-refractivity contribution < 1.29 is 22.0 Å². The van der Waals surface area contributed by atoms with Gasteiger partial charge in [-0.25, -0.2) is 8.78 Å². The molecule has 0 saturated carbocycles. The van der Waals surface area contributed by atoms with Crippen molar-refractivity contribution in [3.63, 3.8) is 0 Å². The predicted molar refractivity (Wildman–Crippen MR) is 57.9 cm³/mol. The summed E-state index contributed by atoms with van der Waals surface area (Å²) in [5.74, 6) is -1.96. The van der Waals surface area contributed by atoms with Gasteiger partial charge < -0.3 is 5.73 Å². The van der Waals surface area contributed by atoms with E-state index >= 15 is 0 Å². The summed E-state index contributed by atoms with van der Waals surface area (Å²) in [6.07, 6.45) is -5.07. The molecule has 0 bridgehead atoms. The molecule has 6 heteroatoms. The molecule has 2 N–H and O–H groups in total. The number of hydrogen-bond acceptors (Lipinski definition) is 1. The molecule has 0 aliphatic rings. The predicted octanol–water partition coefficient (Wildman–Crippen LogP) is 3.57. The zero-order chi connectivity index (χ0) is 13.8. The third kappa shape index (κ3) is 5.00. The second-order valence-electron chi connectivity index (χ2n) is 4.18. The Morgan fingerprint density at radius 2 is 1.83 bits per heavy atom. The first-order valence-corrected chi connectivity index (χ1v) is 5.55. The fraction of sp³-hybridized carbons (Fsp3) is 0.500. The Kier molecular flexibility index (Phi) is 5.07. The van der Waals surface area contributed by atoms with Crippen molar-refractivity contribution in [2.75, 3.05) is 0 Å². The lowest BCUT2D eigenvalue weighted by atomic mass is 10.0. The maximum Gasteiger partial charge on any atom is 0.389 e. The standard InChI is InChI=1S/C12H14F5N/c13-10-5-1-3-8(11(10)14)7-9(18)4-2-6-12(15,16)17/h1,3,5,9H,2,4,6-7,18H2. The Balaban J connectivity index is 2.45. The minimum absolute atomic E-state index is 0.0292. The molecule has 102 valence electrons. The monoisotopic (exact) mass is 267 g/mol. The van der Waals surface area contributed by atoms with Crippen LogP contribution in [0.3, 0.4) is 0 Å². The van der Waals surface area contributed by atoms with Gasteiger partial charge in [-0.05, 0) is 30.9 Å². The first-order valence-electron chi connectivity index (χ1n) is 5.55. The molecular formula is C12H14F5N. The van der Waals surface area contributed by atoms with Gasteiger partial charge in [0.15, 0.2) is 11.6 Å². The molecule has 1 nitrogen and oxygen atoms in total. The zero-order valence-corrected chi connectivity index (χ0v) is 9.61. The molecule has 0 heterocycles. The summed E-state index contributed by atoms with van der Waals surface area (Å²) in [5, 5.41) is 0.